The second-order valence-electron chi connectivity index (χ2n) is 5.20. The van der Waals surface area contributed by atoms with Crippen LogP contribution in [0.4, 0.5) is 0 Å². The smallest absolute Gasteiger partial charge is 0.138 e. The highest BCUT2D eigenvalue weighted by Gasteiger charge is 2.23. The summed E-state index contributed by atoms with van der Waals surface area (Å²) in [6.45, 7) is 2.06. The van der Waals surface area contributed by atoms with E-state index < -0.39 is 0 Å². The number of ether oxygens (including phenoxy) is 2. The third kappa shape index (κ3) is 3.91. The second-order valence-corrected chi connectivity index (χ2v) is 5.20. The second kappa shape index (κ2) is 6.87. The van der Waals surface area contributed by atoms with Crippen LogP contribution >= 0.6 is 0 Å². The van der Waals surface area contributed by atoms with Gasteiger partial charge in [-0.2, -0.15) is 0 Å². The van der Waals surface area contributed by atoms with E-state index in [-0.39, 0.29) is 12.1 Å². The van der Waals surface area contributed by atoms with E-state index in [1.165, 1.54) is 0 Å². The Kier molecular flexibility index (Phi) is 5.16. The average Bonchev–Trinajstić information content (AvgIpc) is 2.47. The summed E-state index contributed by atoms with van der Waals surface area (Å²) in [5.74, 6) is 0.828. The first-order valence-electron chi connectivity index (χ1n) is 7.14. The van der Waals surface area contributed by atoms with Gasteiger partial charge in [0.25, 0.3) is 0 Å². The van der Waals surface area contributed by atoms with Gasteiger partial charge in [0.05, 0.1) is 18.0 Å². The first kappa shape index (κ1) is 14.3. The number of aromatic nitrogens is 1. The van der Waals surface area contributed by atoms with Crippen LogP contribution in [0.25, 0.3) is 0 Å². The average molecular weight is 264 g/mol. The monoisotopic (exact) mass is 264 g/mol. The molecule has 2 unspecified atom stereocenters. The third-order valence-corrected chi connectivity index (χ3v) is 3.79. The zero-order valence-electron chi connectivity index (χ0n) is 11.8. The Hall–Kier alpha value is -1.13. The summed E-state index contributed by atoms with van der Waals surface area (Å²) in [5, 5.41) is 0. The van der Waals surface area contributed by atoms with Crippen molar-refractivity contribution in [3.63, 3.8) is 0 Å². The standard InChI is InChI=1S/C15H24N2O2/c1-3-14(16)15-8-7-13(10-17-15)19-12-6-4-5-11(9-12)18-2/h7-8,10-12,14H,3-6,9,16H2,1-2H3/t11?,12?,14-/m1/s1. The lowest BCUT2D eigenvalue weighted by Crippen LogP contribution is -2.29. The molecule has 4 nitrogen and oxygen atoms in total. The molecule has 4 heteroatoms. The van der Waals surface area contributed by atoms with Crippen molar-refractivity contribution in [3.05, 3.63) is 24.0 Å². The summed E-state index contributed by atoms with van der Waals surface area (Å²) in [7, 11) is 1.77. The Balaban J connectivity index is 1.92. The van der Waals surface area contributed by atoms with Crippen molar-refractivity contribution in [2.75, 3.05) is 7.11 Å². The highest BCUT2D eigenvalue weighted by molar-refractivity contribution is 5.21. The highest BCUT2D eigenvalue weighted by atomic mass is 16.5. The summed E-state index contributed by atoms with van der Waals surface area (Å²) in [6.07, 6.45) is 7.61. The van der Waals surface area contributed by atoms with E-state index in [1.54, 1.807) is 13.3 Å². The lowest BCUT2D eigenvalue weighted by molar-refractivity contribution is 0.0208. The van der Waals surface area contributed by atoms with Gasteiger partial charge in [-0.25, -0.2) is 0 Å². The summed E-state index contributed by atoms with van der Waals surface area (Å²) in [4.78, 5) is 4.37. The summed E-state index contributed by atoms with van der Waals surface area (Å²) < 4.78 is 11.4. The minimum absolute atomic E-state index is 0.0154. The van der Waals surface area contributed by atoms with Crippen molar-refractivity contribution < 1.29 is 9.47 Å². The third-order valence-electron chi connectivity index (χ3n) is 3.79. The lowest BCUT2D eigenvalue weighted by Gasteiger charge is -2.28. The Bertz CT molecular complexity index is 380. The molecule has 0 radical (unpaired) electrons. The molecule has 0 amide bonds. The van der Waals surface area contributed by atoms with Crippen LogP contribution < -0.4 is 10.5 Å². The summed E-state index contributed by atoms with van der Waals surface area (Å²) in [6, 6.07) is 3.94. The fraction of sp³-hybridized carbons (Fsp3) is 0.667. The minimum Gasteiger partial charge on any atom is -0.489 e. The number of pyridine rings is 1. The molecule has 19 heavy (non-hydrogen) atoms. The zero-order valence-corrected chi connectivity index (χ0v) is 11.8. The molecule has 0 spiro atoms. The number of hydrogen-bond acceptors (Lipinski definition) is 4. The van der Waals surface area contributed by atoms with Gasteiger partial charge < -0.3 is 15.2 Å². The van der Waals surface area contributed by atoms with Gasteiger partial charge in [0.2, 0.25) is 0 Å². The summed E-state index contributed by atoms with van der Waals surface area (Å²) >= 11 is 0. The molecule has 1 saturated carbocycles. The first-order chi connectivity index (χ1) is 9.22. The Morgan fingerprint density at radius 1 is 1.37 bits per heavy atom. The predicted octanol–water partition coefficient (Wildman–Crippen LogP) is 2.83. The topological polar surface area (TPSA) is 57.4 Å². The van der Waals surface area contributed by atoms with Gasteiger partial charge in [-0.3, -0.25) is 4.98 Å². The summed E-state index contributed by atoms with van der Waals surface area (Å²) in [5.41, 5.74) is 6.87. The maximum Gasteiger partial charge on any atom is 0.138 e. The predicted molar refractivity (Wildman–Crippen MR) is 75.1 cm³/mol. The van der Waals surface area contributed by atoms with Gasteiger partial charge >= 0.3 is 0 Å². The molecular weight excluding hydrogens is 240 g/mol. The zero-order chi connectivity index (χ0) is 13.7. The van der Waals surface area contributed by atoms with E-state index in [4.69, 9.17) is 15.2 Å². The molecular formula is C15H24N2O2. The Morgan fingerprint density at radius 2 is 2.16 bits per heavy atom. The van der Waals surface area contributed by atoms with E-state index in [2.05, 4.69) is 11.9 Å². The molecule has 3 atom stereocenters. The fourth-order valence-corrected chi connectivity index (χ4v) is 2.51. The van der Waals surface area contributed by atoms with Crippen LogP contribution in [0.15, 0.2) is 18.3 Å². The van der Waals surface area contributed by atoms with Crippen LogP contribution in [0, 0.1) is 0 Å². The first-order valence-corrected chi connectivity index (χ1v) is 7.14. The van der Waals surface area contributed by atoms with E-state index in [1.807, 2.05) is 12.1 Å². The van der Waals surface area contributed by atoms with Crippen molar-refractivity contribution in [2.45, 2.75) is 57.3 Å². The molecule has 2 N–H and O–H groups in total. The maximum absolute atomic E-state index is 5.97. The molecule has 1 aromatic heterocycles. The van der Waals surface area contributed by atoms with Gasteiger partial charge in [0.1, 0.15) is 11.9 Å². The number of hydrogen-bond donors (Lipinski definition) is 1. The van der Waals surface area contributed by atoms with Crippen molar-refractivity contribution in [1.29, 1.82) is 0 Å². The maximum atomic E-state index is 5.97. The number of nitrogens with zero attached hydrogens (tertiary/aromatic N) is 1. The van der Waals surface area contributed by atoms with Gasteiger partial charge in [0.15, 0.2) is 0 Å². The van der Waals surface area contributed by atoms with Crippen LogP contribution in [-0.2, 0) is 4.74 Å². The van der Waals surface area contributed by atoms with Gasteiger partial charge in [-0.15, -0.1) is 0 Å². The quantitative estimate of drug-likeness (QED) is 0.888. The van der Waals surface area contributed by atoms with E-state index in [0.29, 0.717) is 6.10 Å². The molecule has 0 aliphatic heterocycles. The minimum atomic E-state index is 0.0154. The fourth-order valence-electron chi connectivity index (χ4n) is 2.51. The SMILES string of the molecule is CC[C@@H](N)c1ccc(OC2CCCC(OC)C2)cn1. The van der Waals surface area contributed by atoms with E-state index in [0.717, 1.165) is 43.5 Å². The Morgan fingerprint density at radius 3 is 2.79 bits per heavy atom. The molecule has 1 aliphatic carbocycles. The molecule has 1 heterocycles. The van der Waals surface area contributed by atoms with Crippen LogP contribution in [0.2, 0.25) is 0 Å². The van der Waals surface area contributed by atoms with E-state index in [9.17, 15) is 0 Å². The van der Waals surface area contributed by atoms with Crippen LogP contribution in [-0.4, -0.2) is 24.3 Å². The molecule has 1 aliphatic rings. The number of nitrogens with two attached hydrogens (primary N) is 1. The van der Waals surface area contributed by atoms with Crippen molar-refractivity contribution >= 4 is 0 Å². The lowest BCUT2D eigenvalue weighted by atomic mass is 9.95. The normalized spacial score (nSPS) is 25.0. The van der Waals surface area contributed by atoms with Crippen LogP contribution in [0.5, 0.6) is 5.75 Å². The number of methoxy groups -OCH3 is 1. The Labute approximate surface area is 115 Å². The molecule has 0 bridgehead atoms. The molecule has 1 fully saturated rings. The number of rotatable bonds is 5. The molecule has 106 valence electrons. The molecule has 1 aromatic rings. The molecule has 0 saturated heterocycles. The van der Waals surface area contributed by atoms with Crippen LogP contribution in [0.1, 0.15) is 50.8 Å². The van der Waals surface area contributed by atoms with Gasteiger partial charge in [-0.05, 0) is 37.8 Å². The largest absolute Gasteiger partial charge is 0.489 e. The molecule has 2 rings (SSSR count). The van der Waals surface area contributed by atoms with Crippen LogP contribution in [0.3, 0.4) is 0 Å². The van der Waals surface area contributed by atoms with Crippen molar-refractivity contribution in [2.24, 2.45) is 5.73 Å². The van der Waals surface area contributed by atoms with E-state index >= 15 is 0 Å². The molecule has 0 aromatic carbocycles. The van der Waals surface area contributed by atoms with Crippen molar-refractivity contribution in [1.82, 2.24) is 4.98 Å². The van der Waals surface area contributed by atoms with Crippen molar-refractivity contribution in [3.8, 4) is 5.75 Å². The highest BCUT2D eigenvalue weighted by Crippen LogP contribution is 2.25. The van der Waals surface area contributed by atoms with Gasteiger partial charge in [0, 0.05) is 19.6 Å². The van der Waals surface area contributed by atoms with Gasteiger partial charge in [-0.1, -0.05) is 6.92 Å².